The van der Waals surface area contributed by atoms with Crippen LogP contribution in [0.15, 0.2) is 18.2 Å². The molecule has 2 N–H and O–H groups in total. The van der Waals surface area contributed by atoms with Crippen LogP contribution in [0.4, 0.5) is 0 Å². The Morgan fingerprint density at radius 3 is 2.27 bits per heavy atom. The van der Waals surface area contributed by atoms with Crippen molar-refractivity contribution in [3.8, 4) is 11.5 Å². The zero-order valence-corrected chi connectivity index (χ0v) is 13.4. The van der Waals surface area contributed by atoms with E-state index in [1.807, 2.05) is 0 Å². The van der Waals surface area contributed by atoms with Crippen LogP contribution >= 0.6 is 0 Å². The van der Waals surface area contributed by atoms with Gasteiger partial charge in [0.25, 0.3) is 0 Å². The van der Waals surface area contributed by atoms with E-state index in [-0.39, 0.29) is 19.4 Å². The molecule has 1 aromatic rings. The normalized spacial score (nSPS) is 10.9. The van der Waals surface area contributed by atoms with Crippen molar-refractivity contribution in [1.82, 2.24) is 5.32 Å². The maximum atomic E-state index is 12.3. The predicted octanol–water partition coefficient (Wildman–Crippen LogP) is 2.21. The first kappa shape index (κ1) is 17.8. The topological polar surface area (TPSA) is 84.9 Å². The van der Waals surface area contributed by atoms with Crippen LogP contribution in [0.1, 0.15) is 32.3 Å². The quantitative estimate of drug-likeness (QED) is 0.719. The Morgan fingerprint density at radius 2 is 1.82 bits per heavy atom. The summed E-state index contributed by atoms with van der Waals surface area (Å²) in [4.78, 5) is 23.7. The number of benzene rings is 1. The molecule has 1 aromatic carbocycles. The number of ether oxygens (including phenoxy) is 2. The highest BCUT2D eigenvalue weighted by Gasteiger charge is 2.42. The van der Waals surface area contributed by atoms with Crippen molar-refractivity contribution in [3.05, 3.63) is 23.8 Å². The first-order chi connectivity index (χ1) is 10.4. The first-order valence-electron chi connectivity index (χ1n) is 7.17. The van der Waals surface area contributed by atoms with Crippen molar-refractivity contribution in [2.24, 2.45) is 5.41 Å². The van der Waals surface area contributed by atoms with E-state index >= 15 is 0 Å². The zero-order valence-electron chi connectivity index (χ0n) is 13.4. The minimum absolute atomic E-state index is 0.195. The van der Waals surface area contributed by atoms with Crippen LogP contribution in [-0.2, 0) is 16.1 Å². The van der Waals surface area contributed by atoms with Crippen LogP contribution in [0, 0.1) is 5.41 Å². The molecule has 22 heavy (non-hydrogen) atoms. The average Bonchev–Trinajstić information content (AvgIpc) is 2.54. The maximum absolute atomic E-state index is 12.3. The fraction of sp³-hybridized carbons (Fsp3) is 0.500. The van der Waals surface area contributed by atoms with Gasteiger partial charge in [0.2, 0.25) is 5.91 Å². The van der Waals surface area contributed by atoms with Crippen molar-refractivity contribution in [2.45, 2.75) is 33.2 Å². The van der Waals surface area contributed by atoms with Gasteiger partial charge in [-0.15, -0.1) is 0 Å². The predicted molar refractivity (Wildman–Crippen MR) is 82.0 cm³/mol. The van der Waals surface area contributed by atoms with E-state index in [1.54, 1.807) is 39.2 Å². The Morgan fingerprint density at radius 1 is 1.18 bits per heavy atom. The standard InChI is InChI=1S/C16H23NO5/c1-5-16(6-2,15(19)20)14(18)17-10-11-7-8-12(21-3)9-13(11)22-4/h7-9H,5-6,10H2,1-4H3,(H,17,18)(H,19,20). The molecular weight excluding hydrogens is 286 g/mol. The van der Waals surface area contributed by atoms with Gasteiger partial charge in [-0.3, -0.25) is 9.59 Å². The van der Waals surface area contributed by atoms with Crippen LogP contribution in [0.2, 0.25) is 0 Å². The number of carbonyl (C=O) groups excluding carboxylic acids is 1. The molecule has 1 rings (SSSR count). The molecule has 0 heterocycles. The van der Waals surface area contributed by atoms with Gasteiger partial charge in [-0.1, -0.05) is 13.8 Å². The molecule has 0 saturated heterocycles. The molecule has 0 unspecified atom stereocenters. The van der Waals surface area contributed by atoms with E-state index < -0.39 is 17.3 Å². The summed E-state index contributed by atoms with van der Waals surface area (Å²) in [6.07, 6.45) is 0.481. The number of carbonyl (C=O) groups is 2. The second-order valence-corrected chi connectivity index (χ2v) is 4.95. The lowest BCUT2D eigenvalue weighted by Gasteiger charge is -2.25. The second kappa shape index (κ2) is 7.68. The van der Waals surface area contributed by atoms with Crippen molar-refractivity contribution in [1.29, 1.82) is 0 Å². The summed E-state index contributed by atoms with van der Waals surface area (Å²) >= 11 is 0. The Labute approximate surface area is 130 Å². The smallest absolute Gasteiger partial charge is 0.319 e. The third kappa shape index (κ3) is 3.50. The van der Waals surface area contributed by atoms with Crippen LogP contribution in [0.5, 0.6) is 11.5 Å². The van der Waals surface area contributed by atoms with E-state index in [9.17, 15) is 14.7 Å². The monoisotopic (exact) mass is 309 g/mol. The molecule has 0 spiro atoms. The number of rotatable bonds is 8. The molecule has 0 aliphatic carbocycles. The van der Waals surface area contributed by atoms with Crippen LogP contribution in [0.25, 0.3) is 0 Å². The summed E-state index contributed by atoms with van der Waals surface area (Å²) in [7, 11) is 3.08. The van der Waals surface area contributed by atoms with Gasteiger partial charge in [0.05, 0.1) is 14.2 Å². The highest BCUT2D eigenvalue weighted by Crippen LogP contribution is 2.28. The van der Waals surface area contributed by atoms with Crippen molar-refractivity contribution >= 4 is 11.9 Å². The van der Waals surface area contributed by atoms with Gasteiger partial charge in [-0.2, -0.15) is 0 Å². The minimum atomic E-state index is -1.39. The molecule has 122 valence electrons. The Balaban J connectivity index is 2.89. The summed E-state index contributed by atoms with van der Waals surface area (Å²) < 4.78 is 10.4. The van der Waals surface area contributed by atoms with Crippen molar-refractivity contribution in [2.75, 3.05) is 14.2 Å². The molecule has 1 amide bonds. The number of carboxylic acids is 1. The Bertz CT molecular complexity index is 537. The SMILES string of the molecule is CCC(CC)(C(=O)O)C(=O)NCc1ccc(OC)cc1OC. The molecular formula is C16H23NO5. The molecule has 6 nitrogen and oxygen atoms in total. The van der Waals surface area contributed by atoms with Gasteiger partial charge >= 0.3 is 5.97 Å². The molecule has 0 bridgehead atoms. The van der Waals surface area contributed by atoms with Gasteiger partial charge in [0.15, 0.2) is 0 Å². The fourth-order valence-electron chi connectivity index (χ4n) is 2.31. The van der Waals surface area contributed by atoms with Gasteiger partial charge in [-0.25, -0.2) is 0 Å². The summed E-state index contributed by atoms with van der Waals surface area (Å²) in [6.45, 7) is 3.59. The first-order valence-corrected chi connectivity index (χ1v) is 7.17. The minimum Gasteiger partial charge on any atom is -0.497 e. The van der Waals surface area contributed by atoms with E-state index in [4.69, 9.17) is 9.47 Å². The highest BCUT2D eigenvalue weighted by molar-refractivity contribution is 6.01. The van der Waals surface area contributed by atoms with Crippen LogP contribution in [-0.4, -0.2) is 31.2 Å². The molecule has 0 fully saturated rings. The fourth-order valence-corrected chi connectivity index (χ4v) is 2.31. The molecule has 6 heteroatoms. The largest absolute Gasteiger partial charge is 0.497 e. The number of aliphatic carboxylic acids is 1. The van der Waals surface area contributed by atoms with Crippen molar-refractivity contribution < 1.29 is 24.2 Å². The number of hydrogen-bond acceptors (Lipinski definition) is 4. The summed E-state index contributed by atoms with van der Waals surface area (Å²) in [5, 5.41) is 12.1. The van der Waals surface area contributed by atoms with E-state index in [0.717, 1.165) is 5.56 Å². The molecule has 0 aromatic heterocycles. The third-order valence-electron chi connectivity index (χ3n) is 3.98. The number of methoxy groups -OCH3 is 2. The average molecular weight is 309 g/mol. The van der Waals surface area contributed by atoms with E-state index in [1.165, 1.54) is 7.11 Å². The number of hydrogen-bond donors (Lipinski definition) is 2. The molecule has 0 atom stereocenters. The van der Waals surface area contributed by atoms with Crippen LogP contribution < -0.4 is 14.8 Å². The third-order valence-corrected chi connectivity index (χ3v) is 3.98. The van der Waals surface area contributed by atoms with Gasteiger partial charge in [0.1, 0.15) is 16.9 Å². The highest BCUT2D eigenvalue weighted by atomic mass is 16.5. The maximum Gasteiger partial charge on any atom is 0.319 e. The lowest BCUT2D eigenvalue weighted by Crippen LogP contribution is -2.45. The van der Waals surface area contributed by atoms with Crippen molar-refractivity contribution in [3.63, 3.8) is 0 Å². The molecule has 0 aliphatic heterocycles. The molecule has 0 radical (unpaired) electrons. The van der Waals surface area contributed by atoms with E-state index in [2.05, 4.69) is 5.32 Å². The molecule has 0 aliphatic rings. The second-order valence-electron chi connectivity index (χ2n) is 4.95. The Kier molecular flexibility index (Phi) is 6.22. The van der Waals surface area contributed by atoms with E-state index in [0.29, 0.717) is 11.5 Å². The summed E-state index contributed by atoms with van der Waals surface area (Å²) in [5.41, 5.74) is -0.636. The zero-order chi connectivity index (χ0) is 16.8. The number of amides is 1. The number of carboxylic acid groups (broad SMARTS) is 1. The number of nitrogens with one attached hydrogen (secondary N) is 1. The molecule has 0 saturated carbocycles. The summed E-state index contributed by atoms with van der Waals surface area (Å²) in [5.74, 6) is -0.359. The van der Waals surface area contributed by atoms with Gasteiger partial charge < -0.3 is 19.9 Å². The lowest BCUT2D eigenvalue weighted by atomic mass is 9.81. The lowest BCUT2D eigenvalue weighted by molar-refractivity contribution is -0.156. The van der Waals surface area contributed by atoms with Crippen LogP contribution in [0.3, 0.4) is 0 Å². The summed E-state index contributed by atoms with van der Waals surface area (Å²) in [6, 6.07) is 5.25. The van der Waals surface area contributed by atoms with Gasteiger partial charge in [-0.05, 0) is 25.0 Å². The Hall–Kier alpha value is -2.24. The van der Waals surface area contributed by atoms with Gasteiger partial charge in [0, 0.05) is 18.2 Å².